The van der Waals surface area contributed by atoms with Crippen LogP contribution in [0.3, 0.4) is 0 Å². The number of hydrogen-bond acceptors (Lipinski definition) is 8. The average molecular weight is 485 g/mol. The number of aromatic hydroxyl groups is 1. The van der Waals surface area contributed by atoms with Gasteiger partial charge in [-0.05, 0) is 62.6 Å². The van der Waals surface area contributed by atoms with Crippen LogP contribution >= 0.6 is 0 Å². The lowest BCUT2D eigenvalue weighted by molar-refractivity contribution is -0.147. The first-order valence-electron chi connectivity index (χ1n) is 12.1. The average Bonchev–Trinajstić information content (AvgIpc) is 3.59. The van der Waals surface area contributed by atoms with Gasteiger partial charge in [-0.3, -0.25) is 9.59 Å². The monoisotopic (exact) mass is 484 g/mol. The van der Waals surface area contributed by atoms with E-state index >= 15 is 0 Å². The molecule has 2 aliphatic rings. The van der Waals surface area contributed by atoms with E-state index in [1.807, 2.05) is 0 Å². The van der Waals surface area contributed by atoms with Crippen LogP contribution < -0.4 is 11.1 Å². The van der Waals surface area contributed by atoms with Crippen LogP contribution in [0.4, 0.5) is 0 Å². The number of piperidine rings is 1. The third-order valence-electron chi connectivity index (χ3n) is 6.60. The Kier molecular flexibility index (Phi) is 7.70. The Morgan fingerprint density at radius 2 is 1.89 bits per heavy atom. The number of likely N-dealkylation sites (tertiary alicyclic amines) is 1. The number of ether oxygens (including phenoxy) is 1. The third-order valence-corrected chi connectivity index (χ3v) is 6.60. The first-order valence-corrected chi connectivity index (χ1v) is 12.1. The normalized spacial score (nSPS) is 18.1. The van der Waals surface area contributed by atoms with Crippen LogP contribution in [-0.2, 0) is 20.7 Å². The largest absolute Gasteiger partial charge is 0.508 e. The van der Waals surface area contributed by atoms with Crippen molar-refractivity contribution in [1.82, 2.24) is 15.4 Å². The van der Waals surface area contributed by atoms with Crippen LogP contribution in [0.5, 0.6) is 5.75 Å². The van der Waals surface area contributed by atoms with Gasteiger partial charge in [0.15, 0.2) is 5.69 Å². The molecule has 1 aromatic carbocycles. The number of nitrogens with one attached hydrogen (secondary N) is 1. The maximum absolute atomic E-state index is 12.9. The van der Waals surface area contributed by atoms with Crippen molar-refractivity contribution in [2.45, 2.75) is 57.0 Å². The minimum atomic E-state index is -0.841. The molecule has 10 nitrogen and oxygen atoms in total. The highest BCUT2D eigenvalue weighted by atomic mass is 16.5. The molecule has 2 heterocycles. The molecule has 0 radical (unpaired) electrons. The minimum Gasteiger partial charge on any atom is -0.508 e. The van der Waals surface area contributed by atoms with Crippen LogP contribution in [0.25, 0.3) is 0 Å². The summed E-state index contributed by atoms with van der Waals surface area (Å²) >= 11 is 0. The number of rotatable bonds is 9. The molecule has 1 saturated heterocycles. The van der Waals surface area contributed by atoms with E-state index < -0.39 is 24.0 Å². The van der Waals surface area contributed by atoms with Crippen molar-refractivity contribution in [2.75, 3.05) is 19.7 Å². The number of aromatic nitrogens is 1. The lowest BCUT2D eigenvalue weighted by atomic mass is 9.88. The first kappa shape index (κ1) is 24.7. The van der Waals surface area contributed by atoms with Gasteiger partial charge < -0.3 is 30.3 Å². The lowest BCUT2D eigenvalue weighted by Gasteiger charge is -2.36. The predicted molar refractivity (Wildman–Crippen MR) is 125 cm³/mol. The molecule has 2 fully saturated rings. The molecule has 1 unspecified atom stereocenters. The lowest BCUT2D eigenvalue weighted by Crippen LogP contribution is -2.53. The molecule has 35 heavy (non-hydrogen) atoms. The van der Waals surface area contributed by atoms with E-state index in [0.29, 0.717) is 44.0 Å². The number of phenols is 1. The van der Waals surface area contributed by atoms with Gasteiger partial charge >= 0.3 is 5.97 Å². The summed E-state index contributed by atoms with van der Waals surface area (Å²) in [5, 5.41) is 16.1. The highest BCUT2D eigenvalue weighted by Crippen LogP contribution is 2.40. The molecule has 4 rings (SSSR count). The summed E-state index contributed by atoms with van der Waals surface area (Å²) in [6, 6.07) is 6.69. The van der Waals surface area contributed by atoms with Crippen LogP contribution in [0.1, 0.15) is 60.3 Å². The van der Waals surface area contributed by atoms with Crippen molar-refractivity contribution in [3.8, 4) is 5.75 Å². The fraction of sp³-hybridized carbons (Fsp3) is 0.520. The molecule has 4 N–H and O–H groups in total. The molecule has 2 atom stereocenters. The standard InChI is InChI=1S/C25H32N4O6/c1-2-34-25(33)22(27-23(31)20-14-21(35-28-20)16-5-6-16)17-9-11-29(12-10-17)24(32)19(26)13-15-3-7-18(30)8-4-15/h3-4,7-8,14,16-17,19,22,30H,2,5-6,9-13,26H2,1H3,(H,27,31)/t19-,22?/m0/s1. The van der Waals surface area contributed by atoms with Crippen molar-refractivity contribution in [3.63, 3.8) is 0 Å². The molecule has 0 bridgehead atoms. The predicted octanol–water partition coefficient (Wildman–Crippen LogP) is 1.73. The van der Waals surface area contributed by atoms with Gasteiger partial charge in [0.1, 0.15) is 17.6 Å². The molecular weight excluding hydrogens is 452 g/mol. The molecule has 1 aliphatic carbocycles. The summed E-state index contributed by atoms with van der Waals surface area (Å²) in [6.45, 7) is 2.76. The fourth-order valence-electron chi connectivity index (χ4n) is 4.43. The van der Waals surface area contributed by atoms with E-state index in [1.54, 1.807) is 42.2 Å². The van der Waals surface area contributed by atoms with Gasteiger partial charge in [-0.1, -0.05) is 17.3 Å². The van der Waals surface area contributed by atoms with Crippen molar-refractivity contribution < 1.29 is 28.8 Å². The molecule has 1 saturated carbocycles. The molecule has 1 aliphatic heterocycles. The van der Waals surface area contributed by atoms with E-state index in [2.05, 4.69) is 10.5 Å². The smallest absolute Gasteiger partial charge is 0.328 e. The van der Waals surface area contributed by atoms with Crippen LogP contribution in [0.2, 0.25) is 0 Å². The summed E-state index contributed by atoms with van der Waals surface area (Å²) in [6.07, 6.45) is 3.46. The van der Waals surface area contributed by atoms with E-state index in [1.165, 1.54) is 0 Å². The second-order valence-electron chi connectivity index (χ2n) is 9.23. The number of carbonyl (C=O) groups is 3. The summed E-state index contributed by atoms with van der Waals surface area (Å²) in [7, 11) is 0. The summed E-state index contributed by atoms with van der Waals surface area (Å²) in [4.78, 5) is 40.0. The van der Waals surface area contributed by atoms with Crippen LogP contribution in [0.15, 0.2) is 34.9 Å². The summed E-state index contributed by atoms with van der Waals surface area (Å²) < 4.78 is 10.5. The van der Waals surface area contributed by atoms with Crippen LogP contribution in [-0.4, -0.2) is 64.7 Å². The van der Waals surface area contributed by atoms with Gasteiger partial charge in [-0.25, -0.2) is 4.79 Å². The number of nitrogens with zero attached hydrogens (tertiary/aromatic N) is 2. The fourth-order valence-corrected chi connectivity index (χ4v) is 4.43. The number of benzene rings is 1. The molecule has 0 spiro atoms. The summed E-state index contributed by atoms with van der Waals surface area (Å²) in [5.41, 5.74) is 7.17. The van der Waals surface area contributed by atoms with Crippen molar-refractivity contribution in [2.24, 2.45) is 11.7 Å². The van der Waals surface area contributed by atoms with Gasteiger partial charge in [-0.2, -0.15) is 0 Å². The number of esters is 1. The van der Waals surface area contributed by atoms with Gasteiger partial charge in [0.2, 0.25) is 5.91 Å². The van der Waals surface area contributed by atoms with Crippen molar-refractivity contribution in [3.05, 3.63) is 47.3 Å². The topological polar surface area (TPSA) is 148 Å². The van der Waals surface area contributed by atoms with E-state index in [4.69, 9.17) is 15.0 Å². The minimum absolute atomic E-state index is 0.147. The Morgan fingerprint density at radius 1 is 1.20 bits per heavy atom. The third kappa shape index (κ3) is 6.19. The Hall–Kier alpha value is -3.40. The number of nitrogens with two attached hydrogens (primary N) is 1. The Labute approximate surface area is 203 Å². The van der Waals surface area contributed by atoms with E-state index in [0.717, 1.165) is 18.4 Å². The Bertz CT molecular complexity index is 1040. The van der Waals surface area contributed by atoms with Gasteiger partial charge in [0.25, 0.3) is 5.91 Å². The second kappa shape index (κ2) is 10.9. The van der Waals surface area contributed by atoms with Crippen LogP contribution in [0, 0.1) is 5.92 Å². The molecule has 188 valence electrons. The van der Waals surface area contributed by atoms with Crippen molar-refractivity contribution >= 4 is 17.8 Å². The van der Waals surface area contributed by atoms with Crippen molar-refractivity contribution in [1.29, 1.82) is 0 Å². The quantitative estimate of drug-likeness (QED) is 0.456. The number of amides is 2. The van der Waals surface area contributed by atoms with Gasteiger partial charge in [0, 0.05) is 25.1 Å². The van der Waals surface area contributed by atoms with E-state index in [9.17, 15) is 19.5 Å². The first-order chi connectivity index (χ1) is 16.9. The van der Waals surface area contributed by atoms with Gasteiger partial charge in [-0.15, -0.1) is 0 Å². The maximum Gasteiger partial charge on any atom is 0.328 e. The Morgan fingerprint density at radius 3 is 2.51 bits per heavy atom. The number of hydrogen-bond donors (Lipinski definition) is 3. The molecular formula is C25H32N4O6. The van der Waals surface area contributed by atoms with Gasteiger partial charge in [0.05, 0.1) is 12.6 Å². The highest BCUT2D eigenvalue weighted by molar-refractivity contribution is 5.95. The highest BCUT2D eigenvalue weighted by Gasteiger charge is 2.36. The zero-order chi connectivity index (χ0) is 24.9. The molecule has 10 heteroatoms. The molecule has 1 aromatic heterocycles. The maximum atomic E-state index is 12.9. The van der Waals surface area contributed by atoms with E-state index in [-0.39, 0.29) is 29.9 Å². The Balaban J connectivity index is 1.34. The summed E-state index contributed by atoms with van der Waals surface area (Å²) in [5.74, 6) is -0.154. The zero-order valence-corrected chi connectivity index (χ0v) is 19.8. The number of phenolic OH excluding ortho intramolecular Hbond substituents is 1. The SMILES string of the molecule is CCOC(=O)C(NC(=O)c1cc(C2CC2)on1)C1CCN(C(=O)[C@@H](N)Cc2ccc(O)cc2)CC1. The second-order valence-corrected chi connectivity index (χ2v) is 9.23. The molecule has 2 amide bonds. The zero-order valence-electron chi connectivity index (χ0n) is 19.8. The molecule has 2 aromatic rings. The number of carbonyl (C=O) groups excluding carboxylic acids is 3.